The van der Waals surface area contributed by atoms with Crippen molar-refractivity contribution in [3.05, 3.63) is 29.6 Å². The van der Waals surface area contributed by atoms with Crippen LogP contribution in [0.3, 0.4) is 0 Å². The van der Waals surface area contributed by atoms with Crippen molar-refractivity contribution in [2.24, 2.45) is 0 Å². The molecule has 0 amide bonds. The quantitative estimate of drug-likeness (QED) is 0.857. The topological polar surface area (TPSA) is 73.2 Å². The van der Waals surface area contributed by atoms with Gasteiger partial charge in [0, 0.05) is 14.1 Å². The third kappa shape index (κ3) is 2.68. The normalized spacial score (nSPS) is 11.2. The molecule has 0 radical (unpaired) electrons. The lowest BCUT2D eigenvalue weighted by Crippen LogP contribution is -2.29. The van der Waals surface area contributed by atoms with Gasteiger partial charge in [-0.1, -0.05) is 0 Å². The zero-order valence-corrected chi connectivity index (χ0v) is 9.55. The second-order valence-electron chi connectivity index (χ2n) is 3.19. The van der Waals surface area contributed by atoms with Gasteiger partial charge >= 0.3 is 10.2 Å². The van der Waals surface area contributed by atoms with E-state index >= 15 is 0 Å². The Morgan fingerprint density at radius 2 is 2.06 bits per heavy atom. The van der Waals surface area contributed by atoms with Crippen molar-refractivity contribution in [3.63, 3.8) is 0 Å². The van der Waals surface area contributed by atoms with Gasteiger partial charge in [0.2, 0.25) is 0 Å². The molecule has 16 heavy (non-hydrogen) atoms. The van der Waals surface area contributed by atoms with Crippen LogP contribution in [-0.2, 0) is 10.2 Å². The van der Waals surface area contributed by atoms with Gasteiger partial charge in [0.15, 0.2) is 0 Å². The summed E-state index contributed by atoms with van der Waals surface area (Å²) in [6.45, 7) is 0. The number of nitrogens with one attached hydrogen (secondary N) is 1. The first-order chi connectivity index (χ1) is 7.36. The molecule has 0 bridgehead atoms. The zero-order valence-electron chi connectivity index (χ0n) is 8.73. The van der Waals surface area contributed by atoms with Crippen molar-refractivity contribution in [1.82, 2.24) is 4.31 Å². The number of anilines is 1. The second kappa shape index (κ2) is 4.47. The van der Waals surface area contributed by atoms with Crippen LogP contribution in [0.2, 0.25) is 0 Å². The van der Waals surface area contributed by atoms with Crippen LogP contribution in [-0.4, -0.2) is 26.8 Å². The van der Waals surface area contributed by atoms with Gasteiger partial charge in [-0.25, -0.2) is 4.39 Å². The molecule has 0 aliphatic rings. The minimum Gasteiger partial charge on any atom is -0.270 e. The minimum atomic E-state index is -3.69. The summed E-state index contributed by atoms with van der Waals surface area (Å²) in [4.78, 5) is 0. The predicted octanol–water partition coefficient (Wildman–Crippen LogP) is 0.916. The van der Waals surface area contributed by atoms with Gasteiger partial charge < -0.3 is 0 Å². The molecule has 1 aromatic rings. The van der Waals surface area contributed by atoms with Gasteiger partial charge in [-0.3, -0.25) is 4.72 Å². The second-order valence-corrected chi connectivity index (χ2v) is 5.08. The molecule has 0 unspecified atom stereocenters. The maximum absolute atomic E-state index is 12.8. The van der Waals surface area contributed by atoms with E-state index in [-0.39, 0.29) is 11.3 Å². The molecular weight excluding hydrogens is 233 g/mol. The van der Waals surface area contributed by atoms with Crippen LogP contribution in [0.1, 0.15) is 5.56 Å². The lowest BCUT2D eigenvalue weighted by atomic mass is 10.2. The van der Waals surface area contributed by atoms with Gasteiger partial charge in [-0.2, -0.15) is 18.0 Å². The average Bonchev–Trinajstić information content (AvgIpc) is 2.20. The van der Waals surface area contributed by atoms with Crippen LogP contribution in [0.25, 0.3) is 0 Å². The highest BCUT2D eigenvalue weighted by atomic mass is 32.2. The summed E-state index contributed by atoms with van der Waals surface area (Å²) in [6, 6.07) is 4.96. The van der Waals surface area contributed by atoms with Crippen molar-refractivity contribution >= 4 is 15.9 Å². The van der Waals surface area contributed by atoms with E-state index in [0.717, 1.165) is 16.4 Å². The first-order valence-corrected chi connectivity index (χ1v) is 5.71. The summed E-state index contributed by atoms with van der Waals surface area (Å²) in [7, 11) is -0.997. The molecule has 1 rings (SSSR count). The highest BCUT2D eigenvalue weighted by Gasteiger charge is 2.15. The van der Waals surface area contributed by atoms with Gasteiger partial charge in [0.25, 0.3) is 0 Å². The van der Waals surface area contributed by atoms with Crippen molar-refractivity contribution in [1.29, 1.82) is 5.26 Å². The molecule has 0 spiro atoms. The molecule has 0 heterocycles. The van der Waals surface area contributed by atoms with E-state index < -0.39 is 16.0 Å². The summed E-state index contributed by atoms with van der Waals surface area (Å²) in [5.74, 6) is -0.593. The Balaban J connectivity index is 3.13. The molecule has 0 saturated carbocycles. The van der Waals surface area contributed by atoms with E-state index in [1.165, 1.54) is 20.2 Å². The Bertz CT molecular complexity index is 534. The number of benzene rings is 1. The number of halogens is 1. The van der Waals surface area contributed by atoms with E-state index in [9.17, 15) is 12.8 Å². The standard InChI is InChI=1S/C9H10FN3O2S/c1-13(2)16(14,15)12-9-4-3-8(10)5-7(9)6-11/h3-5,12H,1-2H3. The highest BCUT2D eigenvalue weighted by Crippen LogP contribution is 2.17. The molecule has 0 atom stereocenters. The molecular formula is C9H10FN3O2S. The van der Waals surface area contributed by atoms with Crippen LogP contribution in [0.4, 0.5) is 10.1 Å². The Hall–Kier alpha value is -1.65. The molecule has 86 valence electrons. The SMILES string of the molecule is CN(C)S(=O)(=O)Nc1ccc(F)cc1C#N. The zero-order chi connectivity index (χ0) is 12.3. The van der Waals surface area contributed by atoms with E-state index in [1.807, 2.05) is 0 Å². The predicted molar refractivity (Wildman–Crippen MR) is 57.3 cm³/mol. The number of rotatable bonds is 3. The van der Waals surface area contributed by atoms with E-state index in [2.05, 4.69) is 4.72 Å². The third-order valence-electron chi connectivity index (χ3n) is 1.82. The van der Waals surface area contributed by atoms with Crippen molar-refractivity contribution < 1.29 is 12.8 Å². The number of hydrogen-bond donors (Lipinski definition) is 1. The average molecular weight is 243 g/mol. The lowest BCUT2D eigenvalue weighted by molar-refractivity contribution is 0.526. The molecule has 5 nitrogen and oxygen atoms in total. The van der Waals surface area contributed by atoms with Crippen molar-refractivity contribution in [2.45, 2.75) is 0 Å². The van der Waals surface area contributed by atoms with Gasteiger partial charge in [0.1, 0.15) is 11.9 Å². The summed E-state index contributed by atoms with van der Waals surface area (Å²) in [5.41, 5.74) is -0.0111. The Labute approximate surface area is 93.3 Å². The van der Waals surface area contributed by atoms with E-state index in [4.69, 9.17) is 5.26 Å². The number of nitrogens with zero attached hydrogens (tertiary/aromatic N) is 2. The molecule has 0 fully saturated rings. The lowest BCUT2D eigenvalue weighted by Gasteiger charge is -2.14. The van der Waals surface area contributed by atoms with Gasteiger partial charge in [-0.05, 0) is 18.2 Å². The van der Waals surface area contributed by atoms with Gasteiger partial charge in [0.05, 0.1) is 11.3 Å². The summed E-state index contributed by atoms with van der Waals surface area (Å²) < 4.78 is 38.8. The molecule has 0 aliphatic carbocycles. The summed E-state index contributed by atoms with van der Waals surface area (Å²) in [5, 5.41) is 8.71. The van der Waals surface area contributed by atoms with Crippen LogP contribution < -0.4 is 4.72 Å². The first kappa shape index (κ1) is 12.4. The van der Waals surface area contributed by atoms with Gasteiger partial charge in [-0.15, -0.1) is 0 Å². The molecule has 0 aromatic heterocycles. The van der Waals surface area contributed by atoms with Crippen LogP contribution in [0.5, 0.6) is 0 Å². The fraction of sp³-hybridized carbons (Fsp3) is 0.222. The molecule has 0 aliphatic heterocycles. The fourth-order valence-electron chi connectivity index (χ4n) is 0.928. The van der Waals surface area contributed by atoms with Crippen LogP contribution in [0.15, 0.2) is 18.2 Å². The Morgan fingerprint density at radius 1 is 1.44 bits per heavy atom. The Kier molecular flexibility index (Phi) is 3.47. The van der Waals surface area contributed by atoms with Crippen molar-refractivity contribution in [2.75, 3.05) is 18.8 Å². The van der Waals surface area contributed by atoms with E-state index in [0.29, 0.717) is 0 Å². The molecule has 0 saturated heterocycles. The first-order valence-electron chi connectivity index (χ1n) is 4.27. The minimum absolute atomic E-state index is 0.0533. The number of hydrogen-bond acceptors (Lipinski definition) is 3. The third-order valence-corrected chi connectivity index (χ3v) is 3.26. The Morgan fingerprint density at radius 3 is 2.56 bits per heavy atom. The van der Waals surface area contributed by atoms with Crippen LogP contribution >= 0.6 is 0 Å². The highest BCUT2D eigenvalue weighted by molar-refractivity contribution is 7.90. The van der Waals surface area contributed by atoms with Crippen LogP contribution in [0, 0.1) is 17.1 Å². The maximum atomic E-state index is 12.8. The van der Waals surface area contributed by atoms with E-state index in [1.54, 1.807) is 6.07 Å². The molecule has 1 N–H and O–H groups in total. The smallest absolute Gasteiger partial charge is 0.270 e. The maximum Gasteiger partial charge on any atom is 0.301 e. The monoisotopic (exact) mass is 243 g/mol. The van der Waals surface area contributed by atoms with Crippen molar-refractivity contribution in [3.8, 4) is 6.07 Å². The number of nitriles is 1. The summed E-state index contributed by atoms with van der Waals surface area (Å²) in [6.07, 6.45) is 0. The molecule has 7 heteroatoms. The fourth-order valence-corrected chi connectivity index (χ4v) is 1.57. The molecule has 1 aromatic carbocycles. The summed E-state index contributed by atoms with van der Waals surface area (Å²) >= 11 is 0. The largest absolute Gasteiger partial charge is 0.301 e.